The smallest absolute Gasteiger partial charge is 0.0266 e. The second kappa shape index (κ2) is 6.84. The molecule has 0 saturated carbocycles. The maximum atomic E-state index is 4.12. The summed E-state index contributed by atoms with van der Waals surface area (Å²) >= 11 is 0. The molecule has 0 atom stereocenters. The van der Waals surface area contributed by atoms with Gasteiger partial charge >= 0.3 is 0 Å². The maximum Gasteiger partial charge on any atom is 0.0266 e. The van der Waals surface area contributed by atoms with E-state index in [1.165, 1.54) is 0 Å². The molecule has 0 heterocycles. The van der Waals surface area contributed by atoms with E-state index in [0.29, 0.717) is 5.92 Å². The summed E-state index contributed by atoms with van der Waals surface area (Å²) in [7, 11) is 0. The van der Waals surface area contributed by atoms with Crippen LogP contribution in [0.4, 0.5) is 0 Å². The van der Waals surface area contributed by atoms with Gasteiger partial charge in [0.15, 0.2) is 0 Å². The van der Waals surface area contributed by atoms with Crippen molar-refractivity contribution in [3.8, 4) is 0 Å². The Bertz CT molecular complexity index is 175. The van der Waals surface area contributed by atoms with E-state index in [1.807, 2.05) is 18.5 Å². The Morgan fingerprint density at radius 1 is 1.50 bits per heavy atom. The fraction of sp³-hybridized carbons (Fsp3) is 0.545. The van der Waals surface area contributed by atoms with E-state index < -0.39 is 0 Å². The number of hydrogen-bond acceptors (Lipinski definition) is 1. The molecule has 0 radical (unpaired) electrons. The van der Waals surface area contributed by atoms with Crippen LogP contribution in [-0.2, 0) is 0 Å². The van der Waals surface area contributed by atoms with Crippen molar-refractivity contribution in [3.63, 3.8) is 0 Å². The van der Waals surface area contributed by atoms with E-state index >= 15 is 0 Å². The first kappa shape index (κ1) is 11.2. The van der Waals surface area contributed by atoms with Crippen LogP contribution < -0.4 is 0 Å². The predicted octanol–water partition coefficient (Wildman–Crippen LogP) is 3.58. The van der Waals surface area contributed by atoms with Crippen LogP contribution in [0.5, 0.6) is 0 Å². The molecule has 1 heteroatoms. The zero-order valence-corrected chi connectivity index (χ0v) is 8.38. The molecule has 12 heavy (non-hydrogen) atoms. The van der Waals surface area contributed by atoms with Gasteiger partial charge in [0.1, 0.15) is 0 Å². The first-order valence-electron chi connectivity index (χ1n) is 4.55. The van der Waals surface area contributed by atoms with E-state index in [9.17, 15) is 0 Å². The lowest BCUT2D eigenvalue weighted by molar-refractivity contribution is 0.795. The Kier molecular flexibility index (Phi) is 6.35. The fourth-order valence-corrected chi connectivity index (χ4v) is 0.596. The van der Waals surface area contributed by atoms with Crippen LogP contribution in [0.15, 0.2) is 29.4 Å². The summed E-state index contributed by atoms with van der Waals surface area (Å²) in [6.07, 6.45) is 7.93. The van der Waals surface area contributed by atoms with Crippen LogP contribution in [-0.4, -0.2) is 6.21 Å². The molecule has 0 saturated heterocycles. The van der Waals surface area contributed by atoms with Gasteiger partial charge in [-0.25, -0.2) is 0 Å². The second-order valence-electron chi connectivity index (χ2n) is 3.17. The molecule has 0 spiro atoms. The molecule has 1 nitrogen and oxygen atoms in total. The minimum Gasteiger partial charge on any atom is -0.269 e. The third-order valence-electron chi connectivity index (χ3n) is 1.64. The van der Waals surface area contributed by atoms with E-state index in [1.54, 1.807) is 0 Å². The van der Waals surface area contributed by atoms with Gasteiger partial charge in [-0.3, -0.25) is 4.99 Å². The van der Waals surface area contributed by atoms with Crippen molar-refractivity contribution in [1.29, 1.82) is 0 Å². The average molecular weight is 165 g/mol. The molecule has 0 aliphatic carbocycles. The van der Waals surface area contributed by atoms with Gasteiger partial charge in [0, 0.05) is 12.4 Å². The highest BCUT2D eigenvalue weighted by atomic mass is 14.7. The highest BCUT2D eigenvalue weighted by molar-refractivity contribution is 5.57. The molecule has 0 rings (SSSR count). The second-order valence-corrected chi connectivity index (χ2v) is 3.17. The van der Waals surface area contributed by atoms with Crippen molar-refractivity contribution in [3.05, 3.63) is 24.4 Å². The van der Waals surface area contributed by atoms with Crippen LogP contribution in [0.1, 0.15) is 33.6 Å². The number of rotatable bonds is 5. The molecule has 0 N–H and O–H groups in total. The van der Waals surface area contributed by atoms with Gasteiger partial charge in [-0.1, -0.05) is 39.3 Å². The minimum atomic E-state index is 0.516. The SMILES string of the molecule is C=C(/C=C\N=C/CCC)C(C)C. The Labute approximate surface area is 75.9 Å². The largest absolute Gasteiger partial charge is 0.269 e. The van der Waals surface area contributed by atoms with Crippen LogP contribution in [0.2, 0.25) is 0 Å². The molecule has 0 aliphatic heterocycles. The molecule has 0 amide bonds. The highest BCUT2D eigenvalue weighted by Gasteiger charge is 1.92. The minimum absolute atomic E-state index is 0.516. The van der Waals surface area contributed by atoms with Gasteiger partial charge in [-0.15, -0.1) is 0 Å². The van der Waals surface area contributed by atoms with Crippen molar-refractivity contribution in [2.24, 2.45) is 10.9 Å². The Morgan fingerprint density at radius 3 is 2.67 bits per heavy atom. The molecule has 0 aromatic heterocycles. The number of hydrogen-bond donors (Lipinski definition) is 0. The molecule has 68 valence electrons. The Balaban J connectivity index is 3.68. The van der Waals surface area contributed by atoms with E-state index in [4.69, 9.17) is 0 Å². The quantitative estimate of drug-likeness (QED) is 0.436. The summed E-state index contributed by atoms with van der Waals surface area (Å²) in [6.45, 7) is 10.3. The van der Waals surface area contributed by atoms with Crippen LogP contribution in [0.3, 0.4) is 0 Å². The number of nitrogens with zero attached hydrogens (tertiary/aromatic N) is 1. The monoisotopic (exact) mass is 165 g/mol. The predicted molar refractivity (Wildman–Crippen MR) is 56.5 cm³/mol. The zero-order valence-electron chi connectivity index (χ0n) is 8.38. The van der Waals surface area contributed by atoms with Crippen LogP contribution >= 0.6 is 0 Å². The number of allylic oxidation sites excluding steroid dienone is 2. The lowest BCUT2D eigenvalue weighted by atomic mass is 10.1. The van der Waals surface area contributed by atoms with Gasteiger partial charge in [-0.2, -0.15) is 0 Å². The topological polar surface area (TPSA) is 12.4 Å². The molecule has 0 aliphatic rings. The average Bonchev–Trinajstić information content (AvgIpc) is 2.03. The van der Waals surface area contributed by atoms with Crippen molar-refractivity contribution < 1.29 is 0 Å². The molecule has 0 aromatic rings. The first-order valence-corrected chi connectivity index (χ1v) is 4.55. The standard InChI is InChI=1S/C11H19N/c1-5-6-8-12-9-7-11(4)10(2)3/h7-10H,4-6H2,1-3H3/b9-7-,12-8-. The normalized spacial score (nSPS) is 12.0. The van der Waals surface area contributed by atoms with Gasteiger partial charge in [-0.05, 0) is 18.4 Å². The van der Waals surface area contributed by atoms with Gasteiger partial charge in [0.25, 0.3) is 0 Å². The number of unbranched alkanes of at least 4 members (excludes halogenated alkanes) is 1. The Morgan fingerprint density at radius 2 is 2.17 bits per heavy atom. The summed E-state index contributed by atoms with van der Waals surface area (Å²) in [5, 5.41) is 0. The summed E-state index contributed by atoms with van der Waals surface area (Å²) in [4.78, 5) is 4.12. The van der Waals surface area contributed by atoms with E-state index in [2.05, 4.69) is 32.3 Å². The third kappa shape index (κ3) is 5.90. The molecule has 0 fully saturated rings. The zero-order chi connectivity index (χ0) is 9.40. The van der Waals surface area contributed by atoms with Crippen LogP contribution in [0, 0.1) is 5.92 Å². The molecular formula is C11H19N. The lowest BCUT2D eigenvalue weighted by Crippen LogP contribution is -1.86. The van der Waals surface area contributed by atoms with E-state index in [-0.39, 0.29) is 0 Å². The molecule has 0 bridgehead atoms. The summed E-state index contributed by atoms with van der Waals surface area (Å²) < 4.78 is 0. The van der Waals surface area contributed by atoms with Crippen molar-refractivity contribution >= 4 is 6.21 Å². The van der Waals surface area contributed by atoms with Gasteiger partial charge in [0.2, 0.25) is 0 Å². The van der Waals surface area contributed by atoms with Gasteiger partial charge < -0.3 is 0 Å². The molecular weight excluding hydrogens is 146 g/mol. The summed E-state index contributed by atoms with van der Waals surface area (Å²) in [5.74, 6) is 0.516. The van der Waals surface area contributed by atoms with Crippen molar-refractivity contribution in [2.45, 2.75) is 33.6 Å². The maximum absolute atomic E-state index is 4.12. The van der Waals surface area contributed by atoms with Crippen molar-refractivity contribution in [1.82, 2.24) is 0 Å². The lowest BCUT2D eigenvalue weighted by Gasteiger charge is -2.00. The summed E-state index contributed by atoms with van der Waals surface area (Å²) in [5.41, 5.74) is 1.13. The third-order valence-corrected chi connectivity index (χ3v) is 1.64. The molecule has 0 aromatic carbocycles. The van der Waals surface area contributed by atoms with Gasteiger partial charge in [0.05, 0.1) is 0 Å². The van der Waals surface area contributed by atoms with Crippen molar-refractivity contribution in [2.75, 3.05) is 0 Å². The van der Waals surface area contributed by atoms with Crippen LogP contribution in [0.25, 0.3) is 0 Å². The van der Waals surface area contributed by atoms with E-state index in [0.717, 1.165) is 18.4 Å². The number of aliphatic imine (C=N–C) groups is 1. The molecule has 0 unspecified atom stereocenters. The summed E-state index contributed by atoms with van der Waals surface area (Å²) in [6, 6.07) is 0. The highest BCUT2D eigenvalue weighted by Crippen LogP contribution is 2.07. The fourth-order valence-electron chi connectivity index (χ4n) is 0.596. The first-order chi connectivity index (χ1) is 5.68. The Hall–Kier alpha value is -0.850.